The highest BCUT2D eigenvalue weighted by atomic mass is 19.2. The summed E-state index contributed by atoms with van der Waals surface area (Å²) in [5.74, 6) is -2.14. The number of halogens is 3. The van der Waals surface area contributed by atoms with Gasteiger partial charge in [0.1, 0.15) is 13.7 Å². The molecule has 0 spiro atoms. The lowest BCUT2D eigenvalue weighted by Gasteiger charge is -2.28. The average Bonchev–Trinajstić information content (AvgIpc) is 2.82. The number of benzene rings is 3. The smallest absolute Gasteiger partial charge is 0.176 e. The summed E-state index contributed by atoms with van der Waals surface area (Å²) in [6.07, 6.45) is 3.72. The molecule has 3 aromatic rings. The normalized spacial score (nSPS) is 18.9. The van der Waals surface area contributed by atoms with Crippen LogP contribution < -0.4 is 0 Å². The number of hydrogen-bond acceptors (Lipinski definition) is 2. The fraction of sp³-hybridized carbons (Fsp3) is 0.231. The van der Waals surface area contributed by atoms with Crippen molar-refractivity contribution >= 4 is 7.85 Å². The van der Waals surface area contributed by atoms with Crippen LogP contribution in [0.15, 0.2) is 66.7 Å². The van der Waals surface area contributed by atoms with Gasteiger partial charge in [0.15, 0.2) is 17.9 Å². The van der Waals surface area contributed by atoms with Gasteiger partial charge in [-0.25, -0.2) is 13.2 Å². The van der Waals surface area contributed by atoms with Crippen molar-refractivity contribution in [2.45, 2.75) is 25.5 Å². The molecule has 1 fully saturated rings. The molecule has 4 rings (SSSR count). The van der Waals surface area contributed by atoms with E-state index in [1.54, 1.807) is 50.3 Å². The van der Waals surface area contributed by atoms with Crippen LogP contribution in [-0.4, -0.2) is 27.4 Å². The zero-order valence-corrected chi connectivity index (χ0v) is 18.1. The molecule has 1 aliphatic heterocycles. The molecule has 32 heavy (non-hydrogen) atoms. The standard InChI is InChI=1S/C26H24BF3O2/c1-2-3-24-31-14-20(15-32-24)21-10-8-18(12-23(21)28)16-4-6-17(7-5-16)22-11-9-19(13-27)25(29)26(22)30/h2-12,20,24H,13-15,27H2,1H3/b3-2+. The van der Waals surface area contributed by atoms with E-state index in [0.29, 0.717) is 41.8 Å². The summed E-state index contributed by atoms with van der Waals surface area (Å²) in [5.41, 5.74) is 3.17. The van der Waals surface area contributed by atoms with Gasteiger partial charge in [-0.2, -0.15) is 0 Å². The van der Waals surface area contributed by atoms with Gasteiger partial charge in [-0.05, 0) is 46.9 Å². The van der Waals surface area contributed by atoms with Crippen molar-refractivity contribution in [3.05, 3.63) is 95.3 Å². The van der Waals surface area contributed by atoms with Gasteiger partial charge in [0, 0.05) is 11.5 Å². The van der Waals surface area contributed by atoms with Crippen molar-refractivity contribution in [3.8, 4) is 22.3 Å². The molecule has 164 valence electrons. The van der Waals surface area contributed by atoms with Gasteiger partial charge in [0.05, 0.1) is 13.2 Å². The van der Waals surface area contributed by atoms with Gasteiger partial charge in [-0.3, -0.25) is 0 Å². The van der Waals surface area contributed by atoms with E-state index in [0.717, 1.165) is 5.56 Å². The minimum absolute atomic E-state index is 0.170. The second-order valence-electron chi connectivity index (χ2n) is 7.83. The Labute approximate surface area is 187 Å². The average molecular weight is 436 g/mol. The topological polar surface area (TPSA) is 18.5 Å². The molecule has 1 saturated heterocycles. The first-order valence-corrected chi connectivity index (χ1v) is 10.7. The lowest BCUT2D eigenvalue weighted by Crippen LogP contribution is -2.29. The van der Waals surface area contributed by atoms with Crippen LogP contribution in [0.3, 0.4) is 0 Å². The second kappa shape index (κ2) is 9.76. The molecule has 0 unspecified atom stereocenters. The zero-order chi connectivity index (χ0) is 22.7. The summed E-state index contributed by atoms with van der Waals surface area (Å²) >= 11 is 0. The molecule has 0 bridgehead atoms. The number of ether oxygens (including phenoxy) is 2. The maximum atomic E-state index is 14.9. The van der Waals surface area contributed by atoms with E-state index in [9.17, 15) is 13.2 Å². The van der Waals surface area contributed by atoms with Crippen LogP contribution in [0.1, 0.15) is 24.0 Å². The number of rotatable bonds is 5. The minimum Gasteiger partial charge on any atom is -0.348 e. The van der Waals surface area contributed by atoms with Gasteiger partial charge in [-0.15, -0.1) is 0 Å². The molecule has 0 amide bonds. The molecule has 0 saturated carbocycles. The van der Waals surface area contributed by atoms with E-state index in [1.807, 2.05) is 25.1 Å². The Morgan fingerprint density at radius 2 is 1.53 bits per heavy atom. The van der Waals surface area contributed by atoms with Crippen molar-refractivity contribution in [2.24, 2.45) is 0 Å². The third kappa shape index (κ3) is 4.52. The van der Waals surface area contributed by atoms with Crippen LogP contribution >= 0.6 is 0 Å². The van der Waals surface area contributed by atoms with Crippen LogP contribution in [0.25, 0.3) is 22.3 Å². The SMILES string of the molecule is BCc1ccc(-c2ccc(-c3ccc(C4COC(/C=C/C)OC4)c(F)c3)cc2)c(F)c1F. The summed E-state index contributed by atoms with van der Waals surface area (Å²) < 4.78 is 54.7. The Balaban J connectivity index is 1.53. The number of allylic oxidation sites excluding steroid dienone is 1. The molecule has 0 radical (unpaired) electrons. The largest absolute Gasteiger partial charge is 0.348 e. The van der Waals surface area contributed by atoms with Gasteiger partial charge < -0.3 is 9.47 Å². The highest BCUT2D eigenvalue weighted by Crippen LogP contribution is 2.31. The minimum atomic E-state index is -0.846. The van der Waals surface area contributed by atoms with Crippen LogP contribution in [0.5, 0.6) is 0 Å². The van der Waals surface area contributed by atoms with E-state index in [2.05, 4.69) is 0 Å². The first kappa shape index (κ1) is 22.4. The highest BCUT2D eigenvalue weighted by molar-refractivity contribution is 6.08. The second-order valence-corrected chi connectivity index (χ2v) is 7.83. The predicted octanol–water partition coefficient (Wildman–Crippen LogP) is 5.60. The van der Waals surface area contributed by atoms with E-state index in [1.165, 1.54) is 6.07 Å². The summed E-state index contributed by atoms with van der Waals surface area (Å²) in [7, 11) is 1.78. The fourth-order valence-electron chi connectivity index (χ4n) is 3.93. The van der Waals surface area contributed by atoms with Gasteiger partial charge >= 0.3 is 0 Å². The van der Waals surface area contributed by atoms with Gasteiger partial charge in [0.2, 0.25) is 0 Å². The van der Waals surface area contributed by atoms with Crippen LogP contribution in [0.4, 0.5) is 13.2 Å². The van der Waals surface area contributed by atoms with Crippen molar-refractivity contribution in [1.29, 1.82) is 0 Å². The summed E-state index contributed by atoms with van der Waals surface area (Å²) in [6.45, 7) is 2.67. The summed E-state index contributed by atoms with van der Waals surface area (Å²) in [6, 6.07) is 15.3. The van der Waals surface area contributed by atoms with E-state index in [4.69, 9.17) is 9.47 Å². The van der Waals surface area contributed by atoms with E-state index < -0.39 is 11.6 Å². The van der Waals surface area contributed by atoms with Crippen molar-refractivity contribution in [1.82, 2.24) is 0 Å². The molecule has 2 nitrogen and oxygen atoms in total. The molecule has 0 atom stereocenters. The Morgan fingerprint density at radius 1 is 0.875 bits per heavy atom. The fourth-order valence-corrected chi connectivity index (χ4v) is 3.93. The number of hydrogen-bond donors (Lipinski definition) is 0. The summed E-state index contributed by atoms with van der Waals surface area (Å²) in [4.78, 5) is 0. The van der Waals surface area contributed by atoms with Crippen LogP contribution in [0, 0.1) is 17.5 Å². The molecule has 0 N–H and O–H groups in total. The Bertz CT molecular complexity index is 1120. The van der Waals surface area contributed by atoms with Gasteiger partial charge in [0.25, 0.3) is 0 Å². The maximum Gasteiger partial charge on any atom is 0.176 e. The van der Waals surface area contributed by atoms with Gasteiger partial charge in [-0.1, -0.05) is 60.9 Å². The molecular weight excluding hydrogens is 412 g/mol. The molecule has 0 aliphatic carbocycles. The Morgan fingerprint density at radius 3 is 2.16 bits per heavy atom. The lowest BCUT2D eigenvalue weighted by atomic mass is 9.93. The first-order valence-electron chi connectivity index (χ1n) is 10.7. The molecular formula is C26H24BF3O2. The first-order chi connectivity index (χ1) is 15.5. The molecule has 1 heterocycles. The third-order valence-corrected chi connectivity index (χ3v) is 5.79. The monoisotopic (exact) mass is 436 g/mol. The third-order valence-electron chi connectivity index (χ3n) is 5.79. The Hall–Kier alpha value is -2.83. The molecule has 6 heteroatoms. The van der Waals surface area contributed by atoms with E-state index in [-0.39, 0.29) is 23.6 Å². The van der Waals surface area contributed by atoms with Crippen molar-refractivity contribution in [3.63, 3.8) is 0 Å². The molecule has 1 aliphatic rings. The van der Waals surface area contributed by atoms with E-state index >= 15 is 0 Å². The van der Waals surface area contributed by atoms with Crippen LogP contribution in [-0.2, 0) is 15.8 Å². The van der Waals surface area contributed by atoms with Crippen molar-refractivity contribution in [2.75, 3.05) is 13.2 Å². The quantitative estimate of drug-likeness (QED) is 0.383. The highest BCUT2D eigenvalue weighted by Gasteiger charge is 2.24. The molecule has 3 aromatic carbocycles. The Kier molecular flexibility index (Phi) is 6.82. The maximum absolute atomic E-state index is 14.9. The van der Waals surface area contributed by atoms with Crippen molar-refractivity contribution < 1.29 is 22.6 Å². The summed E-state index contributed by atoms with van der Waals surface area (Å²) in [5, 5.41) is 0. The zero-order valence-electron chi connectivity index (χ0n) is 18.1. The predicted molar refractivity (Wildman–Crippen MR) is 123 cm³/mol. The van der Waals surface area contributed by atoms with Crippen LogP contribution in [0.2, 0.25) is 0 Å². The molecule has 0 aromatic heterocycles. The lowest BCUT2D eigenvalue weighted by molar-refractivity contribution is -0.159.